The highest BCUT2D eigenvalue weighted by atomic mass is 19.3. The molecule has 0 aliphatic carbocycles. The third kappa shape index (κ3) is 7.02. The van der Waals surface area contributed by atoms with E-state index in [0.29, 0.717) is 83.2 Å². The fraction of sp³-hybridized carbons (Fsp3) is 0.379. The SMILES string of the molecule is CCC(=O)c1cnc(Nc2cnc(O[C@@H]3CCN(CC(F)F)C3)c(C)n2)cc1Nc1cccc(-c2ncn(C)n2)c1OC. The van der Waals surface area contributed by atoms with Gasteiger partial charge in [0.2, 0.25) is 5.88 Å². The van der Waals surface area contributed by atoms with Crippen LogP contribution in [0.3, 0.4) is 0 Å². The van der Waals surface area contributed by atoms with Crippen LogP contribution >= 0.6 is 0 Å². The quantitative estimate of drug-likeness (QED) is 0.220. The third-order valence-corrected chi connectivity index (χ3v) is 6.92. The number of nitrogens with one attached hydrogen (secondary N) is 2. The number of halogens is 2. The van der Waals surface area contributed by atoms with Gasteiger partial charge in [0.1, 0.15) is 23.9 Å². The summed E-state index contributed by atoms with van der Waals surface area (Å²) in [6.45, 7) is 4.25. The van der Waals surface area contributed by atoms with E-state index in [1.807, 2.05) is 18.2 Å². The van der Waals surface area contributed by atoms with Crippen molar-refractivity contribution in [1.29, 1.82) is 0 Å². The number of rotatable bonds is 12. The Hall–Kier alpha value is -4.72. The van der Waals surface area contributed by atoms with Crippen LogP contribution in [-0.2, 0) is 7.05 Å². The van der Waals surface area contributed by atoms with Crippen molar-refractivity contribution < 1.29 is 23.0 Å². The zero-order chi connectivity index (χ0) is 30.5. The van der Waals surface area contributed by atoms with Crippen LogP contribution < -0.4 is 20.1 Å². The number of ether oxygens (including phenoxy) is 2. The molecule has 3 aromatic heterocycles. The summed E-state index contributed by atoms with van der Waals surface area (Å²) in [5.41, 5.74) is 2.79. The molecule has 0 bridgehead atoms. The van der Waals surface area contributed by atoms with E-state index >= 15 is 0 Å². The van der Waals surface area contributed by atoms with Crippen molar-refractivity contribution in [2.24, 2.45) is 7.05 Å². The first-order valence-corrected chi connectivity index (χ1v) is 13.8. The molecule has 1 fully saturated rings. The first kappa shape index (κ1) is 29.8. The van der Waals surface area contributed by atoms with E-state index < -0.39 is 6.43 Å². The molecule has 1 aromatic carbocycles. The summed E-state index contributed by atoms with van der Waals surface area (Å²) in [6.07, 6.45) is 2.97. The number of benzene rings is 1. The zero-order valence-corrected chi connectivity index (χ0v) is 24.3. The van der Waals surface area contributed by atoms with E-state index in [2.05, 4.69) is 35.7 Å². The number of nitrogens with zero attached hydrogens (tertiary/aromatic N) is 7. The van der Waals surface area contributed by atoms with Gasteiger partial charge in [0.25, 0.3) is 6.43 Å². The maximum Gasteiger partial charge on any atom is 0.251 e. The van der Waals surface area contributed by atoms with Crippen LogP contribution in [0, 0.1) is 6.92 Å². The lowest BCUT2D eigenvalue weighted by Crippen LogP contribution is -2.29. The number of hydrogen-bond acceptors (Lipinski definition) is 11. The van der Waals surface area contributed by atoms with Crippen molar-refractivity contribution in [1.82, 2.24) is 34.6 Å². The van der Waals surface area contributed by atoms with Gasteiger partial charge in [0.15, 0.2) is 23.2 Å². The number of ketones is 1. The molecule has 1 saturated heterocycles. The molecule has 43 heavy (non-hydrogen) atoms. The highest BCUT2D eigenvalue weighted by molar-refractivity contribution is 6.02. The summed E-state index contributed by atoms with van der Waals surface area (Å²) in [4.78, 5) is 32.2. The lowest BCUT2D eigenvalue weighted by atomic mass is 10.1. The lowest BCUT2D eigenvalue weighted by molar-refractivity contribution is 0.0925. The standard InChI is InChI=1S/C29H33F2N9O3/c1-5-23(41)20-12-32-25(11-22(20)36-21-8-6-7-19(27(21)42-4)28-34-16-39(3)38-28)37-26-13-33-29(17(2)35-26)43-18-9-10-40(14-18)15-24(30)31/h6-8,11-13,16,18,24H,5,9-10,14-15H2,1-4H3,(H2,32,35,36,37)/t18-/m1/s1. The molecule has 1 aliphatic rings. The number of carbonyl (C=O) groups excluding carboxylic acids is 1. The van der Waals surface area contributed by atoms with E-state index in [1.165, 1.54) is 12.4 Å². The van der Waals surface area contributed by atoms with Gasteiger partial charge in [0, 0.05) is 38.8 Å². The largest absolute Gasteiger partial charge is 0.494 e. The highest BCUT2D eigenvalue weighted by Crippen LogP contribution is 2.37. The maximum atomic E-state index is 12.8. The molecule has 4 heterocycles. The smallest absolute Gasteiger partial charge is 0.251 e. The second-order valence-electron chi connectivity index (χ2n) is 10.1. The highest BCUT2D eigenvalue weighted by Gasteiger charge is 2.27. The van der Waals surface area contributed by atoms with Crippen molar-refractivity contribution in [3.63, 3.8) is 0 Å². The van der Waals surface area contributed by atoms with E-state index in [-0.39, 0.29) is 18.4 Å². The first-order valence-electron chi connectivity index (χ1n) is 13.8. The Morgan fingerprint density at radius 3 is 2.67 bits per heavy atom. The van der Waals surface area contributed by atoms with Crippen molar-refractivity contribution in [2.75, 3.05) is 37.4 Å². The van der Waals surface area contributed by atoms with Gasteiger partial charge in [-0.3, -0.25) is 14.4 Å². The molecule has 0 unspecified atom stereocenters. The minimum absolute atomic E-state index is 0.0840. The van der Waals surface area contributed by atoms with Gasteiger partial charge < -0.3 is 20.1 Å². The number of carbonyl (C=O) groups is 1. The minimum atomic E-state index is -2.37. The number of aryl methyl sites for hydroxylation is 2. The Labute approximate surface area is 247 Å². The van der Waals surface area contributed by atoms with E-state index in [4.69, 9.17) is 9.47 Å². The predicted molar refractivity (Wildman–Crippen MR) is 157 cm³/mol. The van der Waals surface area contributed by atoms with Crippen molar-refractivity contribution in [2.45, 2.75) is 39.2 Å². The molecule has 5 rings (SSSR count). The minimum Gasteiger partial charge on any atom is -0.494 e. The normalized spacial score (nSPS) is 15.1. The fourth-order valence-electron chi connectivity index (χ4n) is 4.87. The van der Waals surface area contributed by atoms with Crippen molar-refractivity contribution in [3.8, 4) is 23.0 Å². The molecule has 2 N–H and O–H groups in total. The summed E-state index contributed by atoms with van der Waals surface area (Å²) in [7, 11) is 3.35. The first-order chi connectivity index (χ1) is 20.7. The number of hydrogen-bond donors (Lipinski definition) is 2. The van der Waals surface area contributed by atoms with Gasteiger partial charge in [-0.05, 0) is 25.5 Å². The number of Topliss-reactive ketones (excluding diaryl/α,β-unsaturated/α-hetero) is 1. The van der Waals surface area contributed by atoms with Gasteiger partial charge in [-0.25, -0.2) is 28.7 Å². The molecular weight excluding hydrogens is 560 g/mol. The summed E-state index contributed by atoms with van der Waals surface area (Å²) in [5.74, 6) is 2.14. The average Bonchev–Trinajstić information content (AvgIpc) is 3.62. The Morgan fingerprint density at radius 1 is 1.14 bits per heavy atom. The zero-order valence-electron chi connectivity index (χ0n) is 24.3. The van der Waals surface area contributed by atoms with E-state index in [0.717, 1.165) is 0 Å². The van der Waals surface area contributed by atoms with Crippen LogP contribution in [0.1, 0.15) is 35.8 Å². The van der Waals surface area contributed by atoms with Gasteiger partial charge >= 0.3 is 0 Å². The molecule has 14 heteroatoms. The Morgan fingerprint density at radius 2 is 1.98 bits per heavy atom. The second-order valence-corrected chi connectivity index (χ2v) is 10.1. The third-order valence-electron chi connectivity index (χ3n) is 6.92. The molecule has 1 aliphatic heterocycles. The van der Waals surface area contributed by atoms with Gasteiger partial charge in [-0.15, -0.1) is 0 Å². The van der Waals surface area contributed by atoms with Crippen LogP contribution in [-0.4, -0.2) is 79.7 Å². The topological polar surface area (TPSA) is 132 Å². The molecule has 0 spiro atoms. The number of para-hydroxylation sites is 1. The van der Waals surface area contributed by atoms with Crippen LogP contribution in [0.4, 0.5) is 31.8 Å². The molecule has 4 aromatic rings. The second kappa shape index (κ2) is 13.1. The van der Waals surface area contributed by atoms with E-state index in [1.54, 1.807) is 50.0 Å². The van der Waals surface area contributed by atoms with Crippen LogP contribution in [0.2, 0.25) is 0 Å². The Balaban J connectivity index is 1.36. The molecule has 0 amide bonds. The summed E-state index contributed by atoms with van der Waals surface area (Å²) >= 11 is 0. The maximum absolute atomic E-state index is 12.8. The lowest BCUT2D eigenvalue weighted by Gasteiger charge is -2.17. The molecule has 12 nitrogen and oxygen atoms in total. The van der Waals surface area contributed by atoms with Crippen LogP contribution in [0.25, 0.3) is 11.4 Å². The Bertz CT molecular complexity index is 1600. The van der Waals surface area contributed by atoms with Gasteiger partial charge in [-0.1, -0.05) is 13.0 Å². The molecule has 0 saturated carbocycles. The number of aromatic nitrogens is 6. The molecule has 226 valence electrons. The van der Waals surface area contributed by atoms with Gasteiger partial charge in [-0.2, -0.15) is 5.10 Å². The molecular formula is C29H33F2N9O3. The summed E-state index contributed by atoms with van der Waals surface area (Å²) in [6, 6.07) is 7.26. The van der Waals surface area contributed by atoms with Gasteiger partial charge in [0.05, 0.1) is 42.4 Å². The monoisotopic (exact) mass is 593 g/mol. The number of alkyl halides is 2. The predicted octanol–water partition coefficient (Wildman–Crippen LogP) is 4.78. The number of pyridine rings is 1. The number of methoxy groups -OCH3 is 1. The van der Waals surface area contributed by atoms with Crippen LogP contribution in [0.5, 0.6) is 11.6 Å². The average molecular weight is 594 g/mol. The summed E-state index contributed by atoms with van der Waals surface area (Å²) in [5, 5.41) is 10.9. The van der Waals surface area contributed by atoms with Crippen molar-refractivity contribution in [3.05, 3.63) is 54.2 Å². The van der Waals surface area contributed by atoms with Crippen molar-refractivity contribution >= 4 is 28.8 Å². The number of likely N-dealkylation sites (tertiary alicyclic amines) is 1. The molecule has 0 radical (unpaired) electrons. The van der Waals surface area contributed by atoms with Crippen LogP contribution in [0.15, 0.2) is 43.0 Å². The fourth-order valence-corrected chi connectivity index (χ4v) is 4.87. The molecule has 1 atom stereocenters. The Kier molecular flexibility index (Phi) is 9.04. The number of anilines is 4. The summed E-state index contributed by atoms with van der Waals surface area (Å²) < 4.78 is 38.7. The van der Waals surface area contributed by atoms with E-state index in [9.17, 15) is 13.6 Å².